The Kier molecular flexibility index (Phi) is 4.96. The normalized spacial score (nSPS) is 26.0. The lowest BCUT2D eigenvalue weighted by Crippen LogP contribution is -2.66. The van der Waals surface area contributed by atoms with Crippen molar-refractivity contribution in [3.05, 3.63) is 58.7 Å². The molecule has 7 rings (SSSR count). The van der Waals surface area contributed by atoms with E-state index in [1.807, 2.05) is 36.4 Å². The molecule has 0 radical (unpaired) electrons. The van der Waals surface area contributed by atoms with E-state index in [1.165, 1.54) is 0 Å². The molecule has 6 nitrogen and oxygen atoms in total. The Bertz CT molecular complexity index is 1240. The van der Waals surface area contributed by atoms with Gasteiger partial charge in [-0.1, -0.05) is 17.3 Å². The van der Waals surface area contributed by atoms with Gasteiger partial charge in [0.15, 0.2) is 11.0 Å². The molecule has 0 saturated carbocycles. The van der Waals surface area contributed by atoms with Crippen molar-refractivity contribution in [2.24, 2.45) is 11.1 Å². The van der Waals surface area contributed by atoms with E-state index in [-0.39, 0.29) is 5.13 Å². The second-order valence-electron chi connectivity index (χ2n) is 8.97. The number of nitrogens with zero attached hydrogens (tertiary/aromatic N) is 3. The number of thiophene rings is 1. The zero-order valence-corrected chi connectivity index (χ0v) is 19.5. The molecule has 8 heteroatoms. The maximum absolute atomic E-state index is 13.9. The second kappa shape index (κ2) is 7.88. The Labute approximate surface area is 196 Å². The maximum Gasteiger partial charge on any atom is 0.227 e. The van der Waals surface area contributed by atoms with Gasteiger partial charge in [-0.3, -0.25) is 4.90 Å². The summed E-state index contributed by atoms with van der Waals surface area (Å²) >= 11 is 1.16. The van der Waals surface area contributed by atoms with Gasteiger partial charge in [0.25, 0.3) is 0 Å². The van der Waals surface area contributed by atoms with Gasteiger partial charge in [-0.2, -0.15) is 4.39 Å². The zero-order chi connectivity index (χ0) is 22.6. The molecule has 3 aromatic rings. The fraction of sp³-hybridized carbons (Fsp3) is 0.400. The molecule has 0 aliphatic carbocycles. The van der Waals surface area contributed by atoms with Crippen LogP contribution in [0.15, 0.2) is 47.6 Å². The van der Waals surface area contributed by atoms with Gasteiger partial charge in [-0.25, -0.2) is 0 Å². The number of amidine groups is 1. The Morgan fingerprint density at radius 3 is 2.70 bits per heavy atom. The van der Waals surface area contributed by atoms with E-state index in [2.05, 4.69) is 15.0 Å². The van der Waals surface area contributed by atoms with Crippen LogP contribution in [0.25, 0.3) is 10.1 Å². The van der Waals surface area contributed by atoms with Crippen molar-refractivity contribution in [3.8, 4) is 11.5 Å². The predicted molar refractivity (Wildman–Crippen MR) is 126 cm³/mol. The van der Waals surface area contributed by atoms with Gasteiger partial charge in [0.2, 0.25) is 5.72 Å². The molecule has 1 spiro atoms. The first kappa shape index (κ1) is 20.7. The van der Waals surface area contributed by atoms with Crippen LogP contribution in [0.1, 0.15) is 24.0 Å². The van der Waals surface area contributed by atoms with Crippen LogP contribution in [-0.2, 0) is 11.4 Å². The molecule has 172 valence electrons. The summed E-state index contributed by atoms with van der Waals surface area (Å²) in [6.45, 7) is 3.61. The summed E-state index contributed by atoms with van der Waals surface area (Å²) in [5.74, 6) is 2.71. The molecule has 5 heterocycles. The Hall–Kier alpha value is -2.84. The number of piperidine rings is 3. The van der Waals surface area contributed by atoms with E-state index in [4.69, 9.17) is 14.3 Å². The molecule has 2 aromatic carbocycles. The molecule has 1 unspecified atom stereocenters. The highest BCUT2D eigenvalue weighted by Gasteiger charge is 2.57. The molecular weight excluding hydrogens is 441 g/mol. The summed E-state index contributed by atoms with van der Waals surface area (Å²) in [6.07, 6.45) is 2.18. The van der Waals surface area contributed by atoms with E-state index in [0.29, 0.717) is 12.5 Å². The number of fused-ring (bicyclic) bond motifs is 3. The Morgan fingerprint density at radius 1 is 1.12 bits per heavy atom. The van der Waals surface area contributed by atoms with E-state index < -0.39 is 5.72 Å². The predicted octanol–water partition coefficient (Wildman–Crippen LogP) is 4.67. The van der Waals surface area contributed by atoms with Crippen LogP contribution in [0.2, 0.25) is 0 Å². The minimum Gasteiger partial charge on any atom is -0.497 e. The summed E-state index contributed by atoms with van der Waals surface area (Å²) in [5.41, 5.74) is 1.47. The van der Waals surface area contributed by atoms with Crippen LogP contribution >= 0.6 is 11.3 Å². The fourth-order valence-electron chi connectivity index (χ4n) is 5.51. The van der Waals surface area contributed by atoms with Gasteiger partial charge < -0.3 is 19.2 Å². The maximum atomic E-state index is 13.9. The van der Waals surface area contributed by atoms with E-state index in [1.54, 1.807) is 20.3 Å². The van der Waals surface area contributed by atoms with Crippen molar-refractivity contribution in [2.45, 2.75) is 25.1 Å². The largest absolute Gasteiger partial charge is 0.497 e. The van der Waals surface area contributed by atoms with Crippen LogP contribution in [-0.4, -0.2) is 55.2 Å². The van der Waals surface area contributed by atoms with Gasteiger partial charge in [0.05, 0.1) is 27.3 Å². The minimum absolute atomic E-state index is 0.180. The molecule has 1 aromatic heterocycles. The lowest BCUT2D eigenvalue weighted by molar-refractivity contribution is -0.198. The number of methoxy groups -OCH3 is 2. The standard InChI is InChI=1S/C25H26FN3O3S/c1-30-20-6-5-18(21(13-20)31-2)14-29-24(17-4-3-16-12-23(26)33-22(16)11-17)27-32-25(29)15-28-9-7-19(25)8-10-28/h3-6,11-13,19H,7-10,14-15H2,1-2H3. The first-order valence-electron chi connectivity index (χ1n) is 11.3. The van der Waals surface area contributed by atoms with Gasteiger partial charge in [0, 0.05) is 27.8 Å². The van der Waals surface area contributed by atoms with Gasteiger partial charge in [0.1, 0.15) is 11.5 Å². The van der Waals surface area contributed by atoms with Crippen molar-refractivity contribution in [1.82, 2.24) is 9.80 Å². The molecule has 4 aliphatic rings. The van der Waals surface area contributed by atoms with E-state index in [0.717, 1.165) is 82.4 Å². The smallest absolute Gasteiger partial charge is 0.227 e. The van der Waals surface area contributed by atoms with Crippen molar-refractivity contribution >= 4 is 27.3 Å². The molecule has 33 heavy (non-hydrogen) atoms. The number of hydrogen-bond acceptors (Lipinski definition) is 7. The lowest BCUT2D eigenvalue weighted by Gasteiger charge is -2.53. The summed E-state index contributed by atoms with van der Waals surface area (Å²) < 4.78 is 25.8. The topological polar surface area (TPSA) is 46.5 Å². The average Bonchev–Trinajstić information content (AvgIpc) is 3.39. The number of halogens is 1. The van der Waals surface area contributed by atoms with Crippen LogP contribution in [0.4, 0.5) is 4.39 Å². The van der Waals surface area contributed by atoms with Crippen molar-refractivity contribution in [2.75, 3.05) is 33.9 Å². The van der Waals surface area contributed by atoms with Crippen LogP contribution in [0, 0.1) is 11.0 Å². The molecule has 3 fully saturated rings. The number of hydrogen-bond donors (Lipinski definition) is 0. The van der Waals surface area contributed by atoms with Gasteiger partial charge in [-0.05, 0) is 55.6 Å². The molecule has 2 bridgehead atoms. The second-order valence-corrected chi connectivity index (χ2v) is 10.0. The van der Waals surface area contributed by atoms with Crippen molar-refractivity contribution < 1.29 is 18.7 Å². The van der Waals surface area contributed by atoms with Crippen LogP contribution in [0.5, 0.6) is 11.5 Å². The van der Waals surface area contributed by atoms with Crippen LogP contribution in [0.3, 0.4) is 0 Å². The monoisotopic (exact) mass is 467 g/mol. The third-order valence-electron chi connectivity index (χ3n) is 7.25. The Morgan fingerprint density at radius 2 is 1.97 bits per heavy atom. The van der Waals surface area contributed by atoms with Gasteiger partial charge in [-0.15, -0.1) is 11.3 Å². The highest BCUT2D eigenvalue weighted by Crippen LogP contribution is 2.46. The minimum atomic E-state index is -0.508. The van der Waals surface area contributed by atoms with E-state index in [9.17, 15) is 4.39 Å². The third kappa shape index (κ3) is 3.35. The quantitative estimate of drug-likeness (QED) is 0.546. The lowest BCUT2D eigenvalue weighted by atomic mass is 9.79. The van der Waals surface area contributed by atoms with Crippen molar-refractivity contribution in [1.29, 1.82) is 0 Å². The first-order chi connectivity index (χ1) is 16.1. The fourth-order valence-corrected chi connectivity index (χ4v) is 6.34. The van der Waals surface area contributed by atoms with Gasteiger partial charge >= 0.3 is 0 Å². The number of rotatable bonds is 5. The Balaban J connectivity index is 1.42. The first-order valence-corrected chi connectivity index (χ1v) is 12.1. The molecular formula is C25H26FN3O3S. The van der Waals surface area contributed by atoms with Crippen molar-refractivity contribution in [3.63, 3.8) is 0 Å². The average molecular weight is 468 g/mol. The SMILES string of the molecule is COc1ccc(CN2C(c3ccc4cc(F)sc4c3)=NOC23CN2CCC3CC2)c(OC)c1. The van der Waals surface area contributed by atoms with Crippen LogP contribution < -0.4 is 9.47 Å². The molecule has 1 atom stereocenters. The molecule has 3 saturated heterocycles. The third-order valence-corrected chi connectivity index (χ3v) is 8.14. The highest BCUT2D eigenvalue weighted by molar-refractivity contribution is 7.17. The summed E-state index contributed by atoms with van der Waals surface area (Å²) in [4.78, 5) is 11.1. The summed E-state index contributed by atoms with van der Waals surface area (Å²) in [5, 5.41) is 5.37. The number of benzene rings is 2. The molecule has 0 N–H and O–H groups in total. The molecule has 0 amide bonds. The number of oxime groups is 1. The van der Waals surface area contributed by atoms with E-state index >= 15 is 0 Å². The summed E-state index contributed by atoms with van der Waals surface area (Å²) in [6, 6.07) is 13.5. The summed E-state index contributed by atoms with van der Waals surface area (Å²) in [7, 11) is 3.33. The molecule has 4 aliphatic heterocycles. The number of ether oxygens (including phenoxy) is 2. The highest BCUT2D eigenvalue weighted by atomic mass is 32.1. The zero-order valence-electron chi connectivity index (χ0n) is 18.7.